The molecule has 0 amide bonds. The molecule has 68 valence electrons. The Hall–Kier alpha value is -0.560. The van der Waals surface area contributed by atoms with Gasteiger partial charge in [0, 0.05) is 11.8 Å². The molecule has 0 N–H and O–H groups in total. The summed E-state index contributed by atoms with van der Waals surface area (Å²) in [5.74, 6) is 1.39. The Labute approximate surface area is 83.3 Å². The lowest BCUT2D eigenvalue weighted by Gasteiger charge is -2.44. The maximum absolute atomic E-state index is 2.42. The number of hydrogen-bond donors (Lipinski definition) is 0. The number of thiophene rings is 1. The van der Waals surface area contributed by atoms with Crippen LogP contribution >= 0.6 is 11.3 Å². The normalized spacial score (nSPS) is 33.4. The summed E-state index contributed by atoms with van der Waals surface area (Å²) in [7, 11) is 0. The molecular weight excluding hydrogens is 176 g/mol. The third kappa shape index (κ3) is 0.912. The van der Waals surface area contributed by atoms with Gasteiger partial charge in [-0.1, -0.05) is 26.0 Å². The van der Waals surface area contributed by atoms with Crippen LogP contribution in [0.25, 0.3) is 0 Å². The highest BCUT2D eigenvalue weighted by Crippen LogP contribution is 2.55. The minimum atomic E-state index is 0.480. The SMILES string of the molecule is CC1(C)C[C@H]2C=C[C@@H]1c1cscc12. The zero-order valence-corrected chi connectivity index (χ0v) is 8.90. The topological polar surface area (TPSA) is 0 Å². The first-order chi connectivity index (χ1) is 6.18. The van der Waals surface area contributed by atoms with Gasteiger partial charge in [0.1, 0.15) is 0 Å². The third-order valence-corrected chi connectivity index (χ3v) is 4.36. The molecule has 0 saturated carbocycles. The number of hydrogen-bond acceptors (Lipinski definition) is 1. The summed E-state index contributed by atoms with van der Waals surface area (Å²) in [6, 6.07) is 0. The van der Waals surface area contributed by atoms with Crippen LogP contribution in [0.3, 0.4) is 0 Å². The fraction of sp³-hybridized carbons (Fsp3) is 0.500. The molecular formula is C12H14S. The number of rotatable bonds is 0. The van der Waals surface area contributed by atoms with Crippen molar-refractivity contribution in [3.63, 3.8) is 0 Å². The van der Waals surface area contributed by atoms with Crippen LogP contribution in [0.2, 0.25) is 0 Å². The van der Waals surface area contributed by atoms with E-state index in [9.17, 15) is 0 Å². The summed E-state index contributed by atoms with van der Waals surface area (Å²) in [5.41, 5.74) is 3.69. The van der Waals surface area contributed by atoms with Crippen LogP contribution < -0.4 is 0 Å². The van der Waals surface area contributed by atoms with Crippen LogP contribution in [0.15, 0.2) is 22.9 Å². The Kier molecular flexibility index (Phi) is 1.36. The molecule has 1 aromatic rings. The second-order valence-electron chi connectivity index (χ2n) is 4.94. The summed E-state index contributed by atoms with van der Waals surface area (Å²) in [5, 5.41) is 4.68. The Morgan fingerprint density at radius 2 is 2.00 bits per heavy atom. The van der Waals surface area contributed by atoms with Gasteiger partial charge in [-0.2, -0.15) is 11.3 Å². The molecule has 0 nitrogen and oxygen atoms in total. The molecule has 2 atom stereocenters. The van der Waals surface area contributed by atoms with Crippen LogP contribution in [0.1, 0.15) is 43.2 Å². The van der Waals surface area contributed by atoms with E-state index in [1.807, 2.05) is 11.3 Å². The van der Waals surface area contributed by atoms with Gasteiger partial charge in [0.2, 0.25) is 0 Å². The zero-order chi connectivity index (χ0) is 9.05. The van der Waals surface area contributed by atoms with Crippen molar-refractivity contribution < 1.29 is 0 Å². The van der Waals surface area contributed by atoms with Crippen molar-refractivity contribution in [3.8, 4) is 0 Å². The van der Waals surface area contributed by atoms with Crippen LogP contribution in [-0.4, -0.2) is 0 Å². The first-order valence-corrected chi connectivity index (χ1v) is 5.87. The highest BCUT2D eigenvalue weighted by Gasteiger charge is 2.41. The smallest absolute Gasteiger partial charge is 0.00809 e. The second-order valence-corrected chi connectivity index (χ2v) is 5.69. The third-order valence-electron chi connectivity index (χ3n) is 3.58. The lowest BCUT2D eigenvalue weighted by atomic mass is 9.60. The van der Waals surface area contributed by atoms with Gasteiger partial charge < -0.3 is 0 Å². The van der Waals surface area contributed by atoms with Crippen LogP contribution in [-0.2, 0) is 0 Å². The number of fused-ring (bicyclic) bond motifs is 1. The van der Waals surface area contributed by atoms with Gasteiger partial charge in [-0.25, -0.2) is 0 Å². The van der Waals surface area contributed by atoms with E-state index in [-0.39, 0.29) is 0 Å². The molecule has 3 aliphatic rings. The van der Waals surface area contributed by atoms with Crippen molar-refractivity contribution >= 4 is 11.3 Å². The summed E-state index contributed by atoms with van der Waals surface area (Å²) in [6.45, 7) is 4.80. The van der Waals surface area contributed by atoms with Crippen molar-refractivity contribution in [1.82, 2.24) is 0 Å². The van der Waals surface area contributed by atoms with E-state index in [4.69, 9.17) is 0 Å². The zero-order valence-electron chi connectivity index (χ0n) is 8.08. The van der Waals surface area contributed by atoms with Crippen molar-refractivity contribution in [3.05, 3.63) is 34.0 Å². The van der Waals surface area contributed by atoms with Crippen LogP contribution in [0.5, 0.6) is 0 Å². The van der Waals surface area contributed by atoms with E-state index < -0.39 is 0 Å². The first-order valence-electron chi connectivity index (χ1n) is 4.93. The van der Waals surface area contributed by atoms with Gasteiger partial charge in [0.25, 0.3) is 0 Å². The van der Waals surface area contributed by atoms with Gasteiger partial charge in [0.05, 0.1) is 0 Å². The first kappa shape index (κ1) is 7.81. The minimum absolute atomic E-state index is 0.480. The highest BCUT2D eigenvalue weighted by atomic mass is 32.1. The molecule has 3 aliphatic carbocycles. The predicted octanol–water partition coefficient (Wildman–Crippen LogP) is 3.92. The maximum Gasteiger partial charge on any atom is 0.00809 e. The molecule has 0 unspecified atom stereocenters. The summed E-state index contributed by atoms with van der Waals surface area (Å²) < 4.78 is 0. The van der Waals surface area contributed by atoms with E-state index in [0.717, 1.165) is 0 Å². The molecule has 0 radical (unpaired) electrons. The monoisotopic (exact) mass is 190 g/mol. The maximum atomic E-state index is 2.42. The summed E-state index contributed by atoms with van der Waals surface area (Å²) in [6.07, 6.45) is 6.16. The molecule has 4 rings (SSSR count). The molecule has 0 spiro atoms. The van der Waals surface area contributed by atoms with E-state index in [1.54, 1.807) is 11.1 Å². The van der Waals surface area contributed by atoms with Gasteiger partial charge in [-0.3, -0.25) is 0 Å². The lowest BCUT2D eigenvalue weighted by molar-refractivity contribution is 0.252. The van der Waals surface area contributed by atoms with Gasteiger partial charge in [0.15, 0.2) is 0 Å². The van der Waals surface area contributed by atoms with E-state index in [0.29, 0.717) is 17.3 Å². The molecule has 2 bridgehead atoms. The second kappa shape index (κ2) is 2.27. The van der Waals surface area contributed by atoms with E-state index >= 15 is 0 Å². The summed E-state index contributed by atoms with van der Waals surface area (Å²) in [4.78, 5) is 0. The molecule has 1 aromatic heterocycles. The van der Waals surface area contributed by atoms with Crippen LogP contribution in [0, 0.1) is 5.41 Å². The molecule has 1 heterocycles. The average Bonchev–Trinajstić information content (AvgIpc) is 2.51. The van der Waals surface area contributed by atoms with Crippen molar-refractivity contribution in [2.24, 2.45) is 5.41 Å². The Morgan fingerprint density at radius 1 is 1.23 bits per heavy atom. The molecule has 0 aromatic carbocycles. The Morgan fingerprint density at radius 3 is 2.77 bits per heavy atom. The molecule has 0 fully saturated rings. The Bertz CT molecular complexity index is 370. The number of allylic oxidation sites excluding steroid dienone is 2. The molecule has 1 heteroatoms. The van der Waals surface area contributed by atoms with E-state index in [2.05, 4.69) is 36.8 Å². The fourth-order valence-electron chi connectivity index (χ4n) is 2.88. The molecule has 13 heavy (non-hydrogen) atoms. The predicted molar refractivity (Wildman–Crippen MR) is 57.3 cm³/mol. The highest BCUT2D eigenvalue weighted by molar-refractivity contribution is 7.08. The Balaban J connectivity index is 2.22. The van der Waals surface area contributed by atoms with Crippen LogP contribution in [0.4, 0.5) is 0 Å². The lowest BCUT2D eigenvalue weighted by Crippen LogP contribution is -2.31. The molecule has 0 saturated heterocycles. The van der Waals surface area contributed by atoms with E-state index in [1.165, 1.54) is 6.42 Å². The average molecular weight is 190 g/mol. The van der Waals surface area contributed by atoms with Gasteiger partial charge in [-0.05, 0) is 33.7 Å². The standard InChI is InChI=1S/C12H14S/c1-12(2)5-8-3-4-11(12)10-7-13-6-9(8)10/h3-4,6-8,11H,5H2,1-2H3/t8-,11-/m1/s1. The van der Waals surface area contributed by atoms with Gasteiger partial charge >= 0.3 is 0 Å². The molecule has 0 aliphatic heterocycles. The minimum Gasteiger partial charge on any atom is -0.152 e. The fourth-order valence-corrected chi connectivity index (χ4v) is 3.83. The van der Waals surface area contributed by atoms with Crippen molar-refractivity contribution in [2.45, 2.75) is 32.1 Å². The quantitative estimate of drug-likeness (QED) is 0.544. The summed E-state index contributed by atoms with van der Waals surface area (Å²) >= 11 is 1.86. The van der Waals surface area contributed by atoms with Crippen molar-refractivity contribution in [2.75, 3.05) is 0 Å². The van der Waals surface area contributed by atoms with Crippen molar-refractivity contribution in [1.29, 1.82) is 0 Å². The van der Waals surface area contributed by atoms with Gasteiger partial charge in [-0.15, -0.1) is 0 Å². The largest absolute Gasteiger partial charge is 0.152 e.